The molecule has 0 unspecified atom stereocenters. The van der Waals surface area contributed by atoms with E-state index in [1.54, 1.807) is 0 Å². The highest BCUT2D eigenvalue weighted by atomic mass is 15.0. The van der Waals surface area contributed by atoms with Gasteiger partial charge in [-0.2, -0.15) is 0 Å². The molecule has 50 heavy (non-hydrogen) atoms. The second kappa shape index (κ2) is 10.4. The van der Waals surface area contributed by atoms with Gasteiger partial charge in [-0.1, -0.05) is 121 Å². The van der Waals surface area contributed by atoms with Crippen molar-refractivity contribution in [2.45, 2.75) is 0 Å². The summed E-state index contributed by atoms with van der Waals surface area (Å²) in [5.41, 5.74) is 12.7. The summed E-state index contributed by atoms with van der Waals surface area (Å²) in [6, 6.07) is 63.7. The van der Waals surface area contributed by atoms with Crippen LogP contribution in [0.1, 0.15) is 0 Å². The fraction of sp³-hybridized carbons (Fsp3) is 0. The lowest BCUT2D eigenvalue weighted by atomic mass is 9.95. The first kappa shape index (κ1) is 27.3. The van der Waals surface area contributed by atoms with E-state index in [2.05, 4.69) is 185 Å². The van der Waals surface area contributed by atoms with Crippen molar-refractivity contribution < 1.29 is 0 Å². The Morgan fingerprint density at radius 2 is 0.980 bits per heavy atom. The van der Waals surface area contributed by atoms with E-state index in [1.165, 1.54) is 82.2 Å². The van der Waals surface area contributed by atoms with Gasteiger partial charge in [0.1, 0.15) is 5.65 Å². The van der Waals surface area contributed by atoms with Crippen LogP contribution in [-0.4, -0.2) is 14.0 Å². The third-order valence-electron chi connectivity index (χ3n) is 10.5. The molecule has 0 aliphatic rings. The van der Waals surface area contributed by atoms with Gasteiger partial charge in [0.15, 0.2) is 0 Å². The molecule has 0 bridgehead atoms. The molecular formula is C47H29N3. The third-order valence-corrected chi connectivity index (χ3v) is 10.5. The highest BCUT2D eigenvalue weighted by Gasteiger charge is 2.17. The van der Waals surface area contributed by atoms with Gasteiger partial charge in [-0.25, -0.2) is 4.98 Å². The van der Waals surface area contributed by atoms with E-state index in [0.29, 0.717) is 0 Å². The highest BCUT2D eigenvalue weighted by Crippen LogP contribution is 2.39. The summed E-state index contributed by atoms with van der Waals surface area (Å²) < 4.78 is 4.71. The second-order valence-corrected chi connectivity index (χ2v) is 13.2. The van der Waals surface area contributed by atoms with Crippen LogP contribution in [0.4, 0.5) is 0 Å². The largest absolute Gasteiger partial charge is 0.309 e. The number of fused-ring (bicyclic) bond motifs is 13. The zero-order valence-corrected chi connectivity index (χ0v) is 27.1. The number of imidazole rings is 1. The molecule has 0 aliphatic carbocycles. The molecule has 3 heteroatoms. The minimum absolute atomic E-state index is 0.996. The van der Waals surface area contributed by atoms with Crippen molar-refractivity contribution in [2.24, 2.45) is 0 Å². The molecular weight excluding hydrogens is 607 g/mol. The lowest BCUT2D eigenvalue weighted by molar-refractivity contribution is 1.18. The molecule has 0 spiro atoms. The average Bonchev–Trinajstić information content (AvgIpc) is 3.74. The lowest BCUT2D eigenvalue weighted by Gasteiger charge is -2.13. The fourth-order valence-electron chi connectivity index (χ4n) is 8.17. The van der Waals surface area contributed by atoms with Crippen LogP contribution in [0, 0.1) is 0 Å². The fourth-order valence-corrected chi connectivity index (χ4v) is 8.17. The summed E-state index contributed by atoms with van der Waals surface area (Å²) in [4.78, 5) is 5.17. The smallest absolute Gasteiger partial charge is 0.146 e. The summed E-state index contributed by atoms with van der Waals surface area (Å²) in [7, 11) is 0. The van der Waals surface area contributed by atoms with Crippen LogP contribution < -0.4 is 0 Å². The van der Waals surface area contributed by atoms with E-state index in [4.69, 9.17) is 4.98 Å². The molecule has 0 radical (unpaired) electrons. The van der Waals surface area contributed by atoms with Crippen molar-refractivity contribution in [3.05, 3.63) is 176 Å². The molecule has 3 nitrogen and oxygen atoms in total. The first-order valence-corrected chi connectivity index (χ1v) is 17.1. The van der Waals surface area contributed by atoms with Crippen LogP contribution in [0.3, 0.4) is 0 Å². The van der Waals surface area contributed by atoms with Crippen LogP contribution >= 0.6 is 0 Å². The molecule has 8 aromatic carbocycles. The first-order valence-electron chi connectivity index (χ1n) is 17.1. The molecule has 3 aromatic heterocycles. The summed E-state index contributed by atoms with van der Waals surface area (Å²) in [5.74, 6) is 0. The lowest BCUT2D eigenvalue weighted by Crippen LogP contribution is -1.93. The topological polar surface area (TPSA) is 22.2 Å². The Morgan fingerprint density at radius 1 is 0.360 bits per heavy atom. The maximum absolute atomic E-state index is 5.17. The van der Waals surface area contributed by atoms with Crippen LogP contribution in [0.25, 0.3) is 98.9 Å². The number of aromatic nitrogens is 3. The number of pyridine rings is 1. The van der Waals surface area contributed by atoms with E-state index in [-0.39, 0.29) is 0 Å². The number of para-hydroxylation sites is 4. The van der Waals surface area contributed by atoms with E-state index in [9.17, 15) is 0 Å². The molecule has 232 valence electrons. The highest BCUT2D eigenvalue weighted by molar-refractivity contribution is 6.24. The molecule has 0 atom stereocenters. The summed E-state index contributed by atoms with van der Waals surface area (Å²) >= 11 is 0. The maximum Gasteiger partial charge on any atom is 0.146 e. The monoisotopic (exact) mass is 635 g/mol. The van der Waals surface area contributed by atoms with Gasteiger partial charge in [-0.15, -0.1) is 0 Å². The van der Waals surface area contributed by atoms with Crippen molar-refractivity contribution in [3.8, 4) is 27.9 Å². The van der Waals surface area contributed by atoms with E-state index in [1.807, 2.05) is 0 Å². The minimum Gasteiger partial charge on any atom is -0.309 e. The Kier molecular flexibility index (Phi) is 5.67. The summed E-state index contributed by atoms with van der Waals surface area (Å²) in [6.45, 7) is 0. The Balaban J connectivity index is 1.07. The van der Waals surface area contributed by atoms with E-state index >= 15 is 0 Å². The van der Waals surface area contributed by atoms with Gasteiger partial charge in [0.2, 0.25) is 0 Å². The van der Waals surface area contributed by atoms with Crippen LogP contribution in [0.15, 0.2) is 176 Å². The number of benzene rings is 8. The standard InChI is InChI=1S/C47H29N3/c1-2-11-35(12-3-1)49-42-16-8-6-14-37(42)40-28-33(24-27-43(40)49)30-18-20-31(21-19-30)34-23-25-38-45(29-34)50-44-17-9-7-15-41(44)48-47(50)39-26-22-32-10-4-5-13-36(32)46(38)39/h1-29H. The number of hydrogen-bond acceptors (Lipinski definition) is 1. The van der Waals surface area contributed by atoms with Gasteiger partial charge in [-0.05, 0) is 87.6 Å². The predicted molar refractivity (Wildman–Crippen MR) is 210 cm³/mol. The predicted octanol–water partition coefficient (Wildman–Crippen LogP) is 12.4. The Hall–Kier alpha value is -6.71. The Bertz CT molecular complexity index is 3130. The second-order valence-electron chi connectivity index (χ2n) is 13.2. The van der Waals surface area contributed by atoms with Crippen LogP contribution in [-0.2, 0) is 0 Å². The van der Waals surface area contributed by atoms with Gasteiger partial charge < -0.3 is 4.57 Å². The van der Waals surface area contributed by atoms with E-state index in [0.717, 1.165) is 16.7 Å². The molecule has 11 rings (SSSR count). The molecule has 0 N–H and O–H groups in total. The van der Waals surface area contributed by atoms with Crippen molar-refractivity contribution in [3.63, 3.8) is 0 Å². The number of rotatable bonds is 3. The molecule has 0 aliphatic heterocycles. The zero-order chi connectivity index (χ0) is 32.8. The van der Waals surface area contributed by atoms with Gasteiger partial charge >= 0.3 is 0 Å². The summed E-state index contributed by atoms with van der Waals surface area (Å²) in [5, 5.41) is 8.68. The van der Waals surface area contributed by atoms with Crippen molar-refractivity contribution >= 4 is 70.9 Å². The normalized spacial score (nSPS) is 12.0. The number of nitrogens with zero attached hydrogens (tertiary/aromatic N) is 3. The molecule has 0 amide bonds. The van der Waals surface area contributed by atoms with Gasteiger partial charge in [-0.3, -0.25) is 4.40 Å². The van der Waals surface area contributed by atoms with Gasteiger partial charge in [0, 0.05) is 32.6 Å². The van der Waals surface area contributed by atoms with E-state index < -0.39 is 0 Å². The molecule has 3 heterocycles. The third kappa shape index (κ3) is 3.89. The molecule has 0 saturated heterocycles. The molecule has 0 saturated carbocycles. The van der Waals surface area contributed by atoms with Gasteiger partial charge in [0.25, 0.3) is 0 Å². The van der Waals surface area contributed by atoms with Crippen molar-refractivity contribution in [2.75, 3.05) is 0 Å². The quantitative estimate of drug-likeness (QED) is 0.177. The van der Waals surface area contributed by atoms with Crippen LogP contribution in [0.2, 0.25) is 0 Å². The maximum atomic E-state index is 5.17. The average molecular weight is 636 g/mol. The van der Waals surface area contributed by atoms with Crippen LogP contribution in [0.5, 0.6) is 0 Å². The van der Waals surface area contributed by atoms with Crippen molar-refractivity contribution in [1.82, 2.24) is 14.0 Å². The van der Waals surface area contributed by atoms with Gasteiger partial charge in [0.05, 0.1) is 27.6 Å². The first-order chi connectivity index (χ1) is 24.8. The van der Waals surface area contributed by atoms with Crippen molar-refractivity contribution in [1.29, 1.82) is 0 Å². The molecule has 0 fully saturated rings. The molecule has 11 aromatic rings. The minimum atomic E-state index is 0.996. The Labute approximate surface area is 287 Å². The number of hydrogen-bond donors (Lipinski definition) is 0. The Morgan fingerprint density at radius 3 is 1.82 bits per heavy atom. The SMILES string of the molecule is c1ccc(-n2c3ccccc3c3cc(-c4ccc(-c5ccc6c7c8ccccc8ccc7c7nc8ccccc8n7c6c5)cc4)ccc32)cc1. The zero-order valence-electron chi connectivity index (χ0n) is 27.1. The summed E-state index contributed by atoms with van der Waals surface area (Å²) in [6.07, 6.45) is 0.